The number of H-pyrrole nitrogens is 1. The Morgan fingerprint density at radius 1 is 1.12 bits per heavy atom. The van der Waals surface area contributed by atoms with Crippen LogP contribution in [0, 0.1) is 5.82 Å². The maximum atomic E-state index is 13.4. The van der Waals surface area contributed by atoms with E-state index in [1.54, 1.807) is 19.2 Å². The molecular weight excluding hydrogens is 331 g/mol. The van der Waals surface area contributed by atoms with Crippen LogP contribution in [0.3, 0.4) is 0 Å². The fraction of sp³-hybridized carbons (Fsp3) is 0.250. The van der Waals surface area contributed by atoms with Gasteiger partial charge in [-0.2, -0.15) is 0 Å². The van der Waals surface area contributed by atoms with Crippen molar-refractivity contribution in [2.24, 2.45) is 4.99 Å². The summed E-state index contributed by atoms with van der Waals surface area (Å²) in [7, 11) is 1.73. The Morgan fingerprint density at radius 3 is 2.73 bits per heavy atom. The lowest BCUT2D eigenvalue weighted by Gasteiger charge is -2.12. The van der Waals surface area contributed by atoms with Crippen LogP contribution in [0.5, 0.6) is 5.75 Å². The Labute approximate surface area is 152 Å². The summed E-state index contributed by atoms with van der Waals surface area (Å²) in [6.45, 7) is 1.89. The highest BCUT2D eigenvalue weighted by Crippen LogP contribution is 2.19. The minimum Gasteiger partial charge on any atom is -0.492 e. The number of benzene rings is 2. The molecule has 0 atom stereocenters. The van der Waals surface area contributed by atoms with Crippen LogP contribution in [0.2, 0.25) is 0 Å². The number of aromatic nitrogens is 1. The van der Waals surface area contributed by atoms with Crippen molar-refractivity contribution in [3.05, 3.63) is 66.1 Å². The van der Waals surface area contributed by atoms with Gasteiger partial charge in [0.15, 0.2) is 5.96 Å². The largest absolute Gasteiger partial charge is 0.492 e. The molecule has 1 aromatic heterocycles. The van der Waals surface area contributed by atoms with Gasteiger partial charge in [-0.25, -0.2) is 4.39 Å². The second kappa shape index (κ2) is 8.89. The molecule has 26 heavy (non-hydrogen) atoms. The van der Waals surface area contributed by atoms with Crippen molar-refractivity contribution < 1.29 is 9.13 Å². The quantitative estimate of drug-likeness (QED) is 0.347. The van der Waals surface area contributed by atoms with Crippen molar-refractivity contribution >= 4 is 16.9 Å². The molecule has 0 saturated carbocycles. The van der Waals surface area contributed by atoms with Gasteiger partial charge in [0.05, 0.1) is 6.54 Å². The molecule has 1 heterocycles. The molecule has 5 nitrogen and oxygen atoms in total. The Kier molecular flexibility index (Phi) is 6.09. The summed E-state index contributed by atoms with van der Waals surface area (Å²) in [6.07, 6.45) is 2.69. The van der Waals surface area contributed by atoms with Crippen molar-refractivity contribution in [2.75, 3.05) is 26.7 Å². The van der Waals surface area contributed by atoms with E-state index in [0.29, 0.717) is 25.7 Å². The zero-order valence-electron chi connectivity index (χ0n) is 14.8. The van der Waals surface area contributed by atoms with E-state index in [2.05, 4.69) is 20.6 Å². The summed E-state index contributed by atoms with van der Waals surface area (Å²) in [5, 5.41) is 7.40. The maximum Gasteiger partial charge on any atom is 0.191 e. The predicted molar refractivity (Wildman–Crippen MR) is 103 cm³/mol. The molecule has 0 unspecified atom stereocenters. The van der Waals surface area contributed by atoms with Crippen LogP contribution in [-0.4, -0.2) is 37.7 Å². The summed E-state index contributed by atoms with van der Waals surface area (Å²) in [5.74, 6) is 1.35. The molecular formula is C20H23FN4O. The van der Waals surface area contributed by atoms with Gasteiger partial charge < -0.3 is 20.4 Å². The first kappa shape index (κ1) is 17.8. The van der Waals surface area contributed by atoms with E-state index in [9.17, 15) is 4.39 Å². The number of para-hydroxylation sites is 1. The first-order valence-electron chi connectivity index (χ1n) is 8.64. The average Bonchev–Trinajstić information content (AvgIpc) is 3.06. The summed E-state index contributed by atoms with van der Waals surface area (Å²) in [5.41, 5.74) is 2.02. The van der Waals surface area contributed by atoms with Crippen LogP contribution in [-0.2, 0) is 6.42 Å². The van der Waals surface area contributed by atoms with Gasteiger partial charge >= 0.3 is 0 Å². The Morgan fingerprint density at radius 2 is 1.92 bits per heavy atom. The number of nitrogens with zero attached hydrogens (tertiary/aromatic N) is 1. The number of hydrogen-bond acceptors (Lipinski definition) is 2. The molecule has 0 aliphatic rings. The van der Waals surface area contributed by atoms with Gasteiger partial charge in [0.25, 0.3) is 0 Å². The highest BCUT2D eigenvalue weighted by atomic mass is 19.1. The zero-order valence-corrected chi connectivity index (χ0v) is 14.8. The molecule has 0 aliphatic heterocycles. The number of aromatic amines is 1. The van der Waals surface area contributed by atoms with Gasteiger partial charge in [-0.15, -0.1) is 0 Å². The van der Waals surface area contributed by atoms with Crippen molar-refractivity contribution in [3.8, 4) is 5.75 Å². The van der Waals surface area contributed by atoms with Crippen molar-refractivity contribution in [1.82, 2.24) is 15.6 Å². The van der Waals surface area contributed by atoms with Crippen LogP contribution in [0.4, 0.5) is 4.39 Å². The minimum atomic E-state index is -0.220. The van der Waals surface area contributed by atoms with Crippen molar-refractivity contribution in [1.29, 1.82) is 0 Å². The minimum absolute atomic E-state index is 0.220. The lowest BCUT2D eigenvalue weighted by molar-refractivity contribution is 0.322. The van der Waals surface area contributed by atoms with Gasteiger partial charge in [0, 0.05) is 30.7 Å². The third-order valence-electron chi connectivity index (χ3n) is 4.05. The van der Waals surface area contributed by atoms with Gasteiger partial charge in [-0.1, -0.05) is 18.2 Å². The number of ether oxygens (including phenoxy) is 1. The zero-order chi connectivity index (χ0) is 18.2. The first-order chi connectivity index (χ1) is 12.8. The molecule has 0 fully saturated rings. The van der Waals surface area contributed by atoms with E-state index in [1.807, 2.05) is 36.5 Å². The van der Waals surface area contributed by atoms with E-state index in [0.717, 1.165) is 28.6 Å². The van der Waals surface area contributed by atoms with E-state index in [-0.39, 0.29) is 5.82 Å². The van der Waals surface area contributed by atoms with E-state index in [1.165, 1.54) is 6.07 Å². The van der Waals surface area contributed by atoms with Gasteiger partial charge in [0.1, 0.15) is 18.2 Å². The molecule has 2 aromatic carbocycles. The average molecular weight is 354 g/mol. The number of guanidine groups is 1. The van der Waals surface area contributed by atoms with E-state index >= 15 is 0 Å². The van der Waals surface area contributed by atoms with Crippen LogP contribution in [0.15, 0.2) is 59.7 Å². The molecule has 3 aromatic rings. The Hall–Kier alpha value is -3.02. The smallest absolute Gasteiger partial charge is 0.191 e. The van der Waals surface area contributed by atoms with E-state index < -0.39 is 0 Å². The number of hydrogen-bond donors (Lipinski definition) is 3. The lowest BCUT2D eigenvalue weighted by Crippen LogP contribution is -2.40. The molecule has 3 N–H and O–H groups in total. The summed E-state index contributed by atoms with van der Waals surface area (Å²) in [4.78, 5) is 7.37. The predicted octanol–water partition coefficient (Wildman–Crippen LogP) is 3.09. The Bertz CT molecular complexity index is 861. The second-order valence-corrected chi connectivity index (χ2v) is 5.84. The van der Waals surface area contributed by atoms with Gasteiger partial charge in [0.2, 0.25) is 0 Å². The molecule has 0 radical (unpaired) electrons. The molecule has 0 aliphatic carbocycles. The molecule has 0 bridgehead atoms. The van der Waals surface area contributed by atoms with Gasteiger partial charge in [-0.05, 0) is 42.3 Å². The van der Waals surface area contributed by atoms with Crippen LogP contribution < -0.4 is 15.4 Å². The molecule has 0 amide bonds. The maximum absolute atomic E-state index is 13.4. The van der Waals surface area contributed by atoms with Crippen molar-refractivity contribution in [2.45, 2.75) is 6.42 Å². The monoisotopic (exact) mass is 354 g/mol. The molecule has 6 heteroatoms. The highest BCUT2D eigenvalue weighted by molar-refractivity contribution is 5.83. The van der Waals surface area contributed by atoms with Crippen molar-refractivity contribution in [3.63, 3.8) is 0 Å². The number of rotatable bonds is 7. The topological polar surface area (TPSA) is 61.4 Å². The fourth-order valence-corrected chi connectivity index (χ4v) is 2.75. The normalized spacial score (nSPS) is 11.5. The summed E-state index contributed by atoms with van der Waals surface area (Å²) >= 11 is 0. The van der Waals surface area contributed by atoms with Crippen LogP contribution in [0.1, 0.15) is 5.56 Å². The number of nitrogens with one attached hydrogen (secondary N) is 3. The van der Waals surface area contributed by atoms with Gasteiger partial charge in [-0.3, -0.25) is 4.99 Å². The Balaban J connectivity index is 1.42. The number of halogens is 1. The highest BCUT2D eigenvalue weighted by Gasteiger charge is 2.05. The van der Waals surface area contributed by atoms with E-state index in [4.69, 9.17) is 4.74 Å². The number of fused-ring (bicyclic) bond motifs is 1. The molecule has 0 spiro atoms. The third kappa shape index (κ3) is 4.75. The molecule has 136 valence electrons. The lowest BCUT2D eigenvalue weighted by atomic mass is 10.1. The second-order valence-electron chi connectivity index (χ2n) is 5.84. The third-order valence-corrected chi connectivity index (χ3v) is 4.05. The SMILES string of the molecule is CN=C(NCCOc1ccccc1)NCCc1c[nH]c2ccc(F)cc12. The number of aliphatic imine (C=N–C) groups is 1. The standard InChI is InChI=1S/C20H23FN4O/c1-22-20(24-11-12-26-17-5-3-2-4-6-17)23-10-9-15-14-25-19-8-7-16(21)13-18(15)19/h2-8,13-14,25H,9-12H2,1H3,(H2,22,23,24). The van der Waals surface area contributed by atoms with Crippen LogP contribution in [0.25, 0.3) is 10.9 Å². The fourth-order valence-electron chi connectivity index (χ4n) is 2.75. The summed E-state index contributed by atoms with van der Waals surface area (Å²) < 4.78 is 19.1. The molecule has 0 saturated heterocycles. The first-order valence-corrected chi connectivity index (χ1v) is 8.64. The summed E-state index contributed by atoms with van der Waals surface area (Å²) in [6, 6.07) is 14.5. The van der Waals surface area contributed by atoms with Crippen LogP contribution >= 0.6 is 0 Å². The molecule has 3 rings (SSSR count).